The smallest absolute Gasteiger partial charge is 0.318 e. The zero-order valence-corrected chi connectivity index (χ0v) is 17.5. The van der Waals surface area contributed by atoms with E-state index in [1.54, 1.807) is 12.1 Å². The van der Waals surface area contributed by atoms with Crippen molar-refractivity contribution in [3.8, 4) is 0 Å². The topological polar surface area (TPSA) is 78.5 Å². The zero-order chi connectivity index (χ0) is 21.1. The monoisotopic (exact) mass is 429 g/mol. The summed E-state index contributed by atoms with van der Waals surface area (Å²) in [6.07, 6.45) is 3.77. The van der Waals surface area contributed by atoms with Gasteiger partial charge in [-0.25, -0.2) is 22.3 Å². The lowest BCUT2D eigenvalue weighted by Crippen LogP contribution is -2.84. The Balaban J connectivity index is 1.37. The molecule has 2 amide bonds. The van der Waals surface area contributed by atoms with Crippen LogP contribution in [0.5, 0.6) is 0 Å². The molecule has 0 radical (unpaired) electrons. The van der Waals surface area contributed by atoms with Crippen molar-refractivity contribution in [1.29, 1.82) is 0 Å². The molecular weight excluding hydrogens is 405 g/mol. The number of hydrogen-bond donors (Lipinski definition) is 2. The molecule has 0 saturated heterocycles. The average molecular weight is 430 g/mol. The fraction of sp³-hybridized carbons (Fsp3) is 0.409. The summed E-state index contributed by atoms with van der Waals surface area (Å²) in [5.41, 5.74) is 2.38. The summed E-state index contributed by atoms with van der Waals surface area (Å²) in [7, 11) is -3.27. The van der Waals surface area contributed by atoms with Crippen LogP contribution in [0.2, 0.25) is 0 Å². The van der Waals surface area contributed by atoms with Gasteiger partial charge in [0.15, 0.2) is 0 Å². The largest absolute Gasteiger partial charge is 0.332 e. The standard InChI is InChI=1S/C22H24FN3O3S/c1-30(28,29)25-22-12-21(13-22,14-22)24-20(27)26-11-10-15-4-2-3-5-18(15)19(26)16-6-8-17(23)9-7-16/h2-9,19,25H,10-14H2,1H3,(H,24,27)/t19-,21?,22?/m0/s1. The van der Waals surface area contributed by atoms with Gasteiger partial charge in [-0.1, -0.05) is 36.4 Å². The molecule has 4 aliphatic rings. The normalized spacial score (nSPS) is 29.4. The molecule has 0 unspecified atom stereocenters. The van der Waals surface area contributed by atoms with Crippen molar-refractivity contribution in [2.45, 2.75) is 42.8 Å². The first-order valence-electron chi connectivity index (χ1n) is 10.1. The SMILES string of the molecule is CS(=O)(=O)NC12CC(NC(=O)N3CCc4ccccc4[C@@H]3c3ccc(F)cc3)(C1)C2. The van der Waals surface area contributed by atoms with E-state index in [-0.39, 0.29) is 23.4 Å². The molecule has 158 valence electrons. The molecule has 3 saturated carbocycles. The molecule has 1 aliphatic heterocycles. The maximum atomic E-state index is 13.5. The van der Waals surface area contributed by atoms with Crippen molar-refractivity contribution in [3.05, 3.63) is 71.0 Å². The Labute approximate surface area is 175 Å². The van der Waals surface area contributed by atoms with E-state index in [2.05, 4.69) is 16.1 Å². The number of rotatable bonds is 4. The third kappa shape index (κ3) is 3.28. The van der Waals surface area contributed by atoms with E-state index in [0.717, 1.165) is 23.8 Å². The van der Waals surface area contributed by atoms with Gasteiger partial charge in [-0.2, -0.15) is 0 Å². The molecule has 2 bridgehead atoms. The fourth-order valence-electron chi connectivity index (χ4n) is 5.51. The summed E-state index contributed by atoms with van der Waals surface area (Å²) in [5, 5.41) is 3.16. The number of sulfonamides is 1. The number of carbonyl (C=O) groups is 1. The van der Waals surface area contributed by atoms with E-state index in [9.17, 15) is 17.6 Å². The molecule has 8 heteroatoms. The van der Waals surface area contributed by atoms with E-state index < -0.39 is 15.6 Å². The number of nitrogens with one attached hydrogen (secondary N) is 2. The molecule has 2 aromatic rings. The molecule has 3 aliphatic carbocycles. The Bertz CT molecular complexity index is 1100. The Morgan fingerprint density at radius 3 is 2.40 bits per heavy atom. The lowest BCUT2D eigenvalue weighted by Gasteiger charge is -2.70. The number of fused-ring (bicyclic) bond motifs is 1. The van der Waals surface area contributed by atoms with Crippen molar-refractivity contribution in [1.82, 2.24) is 14.9 Å². The Kier molecular flexibility index (Phi) is 4.24. The van der Waals surface area contributed by atoms with Gasteiger partial charge in [0, 0.05) is 17.6 Å². The highest BCUT2D eigenvalue weighted by molar-refractivity contribution is 7.88. The molecule has 0 spiro atoms. The maximum absolute atomic E-state index is 13.5. The summed E-state index contributed by atoms with van der Waals surface area (Å²) in [6, 6.07) is 13.9. The van der Waals surface area contributed by atoms with Crippen LogP contribution in [0.25, 0.3) is 0 Å². The van der Waals surface area contributed by atoms with Crippen molar-refractivity contribution in [2.75, 3.05) is 12.8 Å². The number of hydrogen-bond acceptors (Lipinski definition) is 3. The molecule has 1 heterocycles. The summed E-state index contributed by atoms with van der Waals surface area (Å²) >= 11 is 0. The minimum absolute atomic E-state index is 0.161. The lowest BCUT2D eigenvalue weighted by atomic mass is 9.44. The van der Waals surface area contributed by atoms with E-state index in [0.29, 0.717) is 25.8 Å². The van der Waals surface area contributed by atoms with Gasteiger partial charge in [0.1, 0.15) is 5.82 Å². The van der Waals surface area contributed by atoms with E-state index in [4.69, 9.17) is 0 Å². The number of amides is 2. The van der Waals surface area contributed by atoms with Crippen molar-refractivity contribution >= 4 is 16.1 Å². The number of benzene rings is 2. The van der Waals surface area contributed by atoms with Crippen molar-refractivity contribution in [2.24, 2.45) is 0 Å². The van der Waals surface area contributed by atoms with Crippen molar-refractivity contribution in [3.63, 3.8) is 0 Å². The first kappa shape index (κ1) is 19.5. The highest BCUT2D eigenvalue weighted by Crippen LogP contribution is 2.60. The van der Waals surface area contributed by atoms with Crippen LogP contribution < -0.4 is 10.0 Å². The summed E-state index contributed by atoms with van der Waals surface area (Å²) in [4.78, 5) is 15.1. The molecule has 6 rings (SSSR count). The molecule has 2 aromatic carbocycles. The van der Waals surface area contributed by atoms with Crippen LogP contribution in [-0.2, 0) is 16.4 Å². The highest BCUT2D eigenvalue weighted by atomic mass is 32.2. The zero-order valence-electron chi connectivity index (χ0n) is 16.7. The van der Waals surface area contributed by atoms with Gasteiger partial charge in [-0.3, -0.25) is 0 Å². The van der Waals surface area contributed by atoms with Gasteiger partial charge in [0.25, 0.3) is 0 Å². The van der Waals surface area contributed by atoms with Gasteiger partial charge >= 0.3 is 6.03 Å². The van der Waals surface area contributed by atoms with Crippen LogP contribution in [0.3, 0.4) is 0 Å². The summed E-state index contributed by atoms with van der Waals surface area (Å²) in [5.74, 6) is -0.309. The van der Waals surface area contributed by atoms with E-state index >= 15 is 0 Å². The average Bonchev–Trinajstić information content (AvgIpc) is 2.64. The van der Waals surface area contributed by atoms with Gasteiger partial charge in [0.2, 0.25) is 10.0 Å². The molecule has 6 nitrogen and oxygen atoms in total. The van der Waals surface area contributed by atoms with Gasteiger partial charge in [-0.05, 0) is 54.5 Å². The van der Waals surface area contributed by atoms with Gasteiger partial charge < -0.3 is 10.2 Å². The third-order valence-corrected chi connectivity index (χ3v) is 7.34. The Morgan fingerprint density at radius 2 is 1.73 bits per heavy atom. The van der Waals surface area contributed by atoms with Crippen molar-refractivity contribution < 1.29 is 17.6 Å². The quantitative estimate of drug-likeness (QED) is 0.785. The number of carbonyl (C=O) groups excluding carboxylic acids is 1. The maximum Gasteiger partial charge on any atom is 0.318 e. The van der Waals surface area contributed by atoms with Crippen LogP contribution in [-0.4, -0.2) is 43.2 Å². The Hall–Kier alpha value is -2.45. The predicted octanol–water partition coefficient (Wildman–Crippen LogP) is 2.71. The van der Waals surface area contributed by atoms with Crippen LogP contribution in [0.15, 0.2) is 48.5 Å². The molecule has 30 heavy (non-hydrogen) atoms. The van der Waals surface area contributed by atoms with Crippen LogP contribution in [0.1, 0.15) is 42.0 Å². The first-order chi connectivity index (χ1) is 14.2. The predicted molar refractivity (Wildman–Crippen MR) is 111 cm³/mol. The minimum atomic E-state index is -3.27. The molecule has 0 aromatic heterocycles. The summed E-state index contributed by atoms with van der Waals surface area (Å²) < 4.78 is 39.3. The van der Waals surface area contributed by atoms with E-state index in [1.165, 1.54) is 17.7 Å². The summed E-state index contributed by atoms with van der Waals surface area (Å²) in [6.45, 7) is 0.563. The minimum Gasteiger partial charge on any atom is -0.332 e. The first-order valence-corrected chi connectivity index (χ1v) is 12.0. The molecule has 1 atom stereocenters. The van der Waals surface area contributed by atoms with Crippen LogP contribution in [0, 0.1) is 5.82 Å². The second-order valence-electron chi connectivity index (χ2n) is 8.99. The van der Waals surface area contributed by atoms with Gasteiger partial charge in [0.05, 0.1) is 12.3 Å². The Morgan fingerprint density at radius 1 is 1.07 bits per heavy atom. The highest BCUT2D eigenvalue weighted by Gasteiger charge is 2.69. The number of nitrogens with zero attached hydrogens (tertiary/aromatic N) is 1. The molecular formula is C22H24FN3O3S. The second-order valence-corrected chi connectivity index (χ2v) is 10.7. The molecule has 2 N–H and O–H groups in total. The number of urea groups is 1. The third-order valence-electron chi connectivity index (χ3n) is 6.53. The molecule has 3 fully saturated rings. The number of halogens is 1. The fourth-order valence-corrected chi connectivity index (χ4v) is 6.51. The second kappa shape index (κ2) is 6.52. The van der Waals surface area contributed by atoms with Gasteiger partial charge in [-0.15, -0.1) is 0 Å². The van der Waals surface area contributed by atoms with E-state index in [1.807, 2.05) is 23.1 Å². The lowest BCUT2D eigenvalue weighted by molar-refractivity contribution is -0.0833. The van der Waals surface area contributed by atoms with Crippen LogP contribution in [0.4, 0.5) is 9.18 Å². The van der Waals surface area contributed by atoms with Crippen LogP contribution >= 0.6 is 0 Å².